The predicted octanol–water partition coefficient (Wildman–Crippen LogP) is 5.13. The highest BCUT2D eigenvalue weighted by Gasteiger charge is 2.44. The largest absolute Gasteiger partial charge is 0.497 e. The zero-order chi connectivity index (χ0) is 23.3. The average molecular weight is 504 g/mol. The lowest BCUT2D eigenvalue weighted by Gasteiger charge is -2.41. The standard InChI is InChI=1S/C27H30ClNO4.ClH/c1-31-23-13-9-21(10-14-23)27(30,24-5-3-4-6-26(24)32-2)25(19-29-15-17-33-18-16-29)20-7-11-22(28)12-8-20;/h3-14,25,30H,15-19H2,1-2H3;1H. The van der Waals surface area contributed by atoms with Crippen LogP contribution in [0.25, 0.3) is 0 Å². The fourth-order valence-corrected chi connectivity index (χ4v) is 4.69. The van der Waals surface area contributed by atoms with Crippen molar-refractivity contribution in [1.82, 2.24) is 4.90 Å². The third-order valence-electron chi connectivity index (χ3n) is 6.37. The number of aliphatic hydroxyl groups is 1. The third kappa shape index (κ3) is 5.51. The van der Waals surface area contributed by atoms with E-state index in [0.29, 0.717) is 36.1 Å². The molecule has 0 amide bonds. The van der Waals surface area contributed by atoms with Crippen LogP contribution in [0.15, 0.2) is 72.8 Å². The first-order valence-electron chi connectivity index (χ1n) is 11.1. The van der Waals surface area contributed by atoms with Crippen LogP contribution in [-0.4, -0.2) is 57.1 Å². The molecule has 182 valence electrons. The molecular weight excluding hydrogens is 473 g/mol. The molecule has 2 atom stereocenters. The first-order chi connectivity index (χ1) is 16.1. The molecule has 1 saturated heterocycles. The summed E-state index contributed by atoms with van der Waals surface area (Å²) in [6.07, 6.45) is 0. The Morgan fingerprint density at radius 3 is 2.21 bits per heavy atom. The maximum atomic E-state index is 12.7. The highest BCUT2D eigenvalue weighted by molar-refractivity contribution is 6.30. The Hall–Kier alpha value is -2.28. The fourth-order valence-electron chi connectivity index (χ4n) is 4.56. The van der Waals surface area contributed by atoms with Gasteiger partial charge in [-0.2, -0.15) is 0 Å². The molecule has 0 aromatic heterocycles. The molecule has 1 N–H and O–H groups in total. The maximum Gasteiger partial charge on any atom is 0.126 e. The second kappa shape index (κ2) is 11.9. The smallest absolute Gasteiger partial charge is 0.126 e. The number of rotatable bonds is 8. The average Bonchev–Trinajstić information content (AvgIpc) is 2.88. The zero-order valence-corrected chi connectivity index (χ0v) is 21.0. The zero-order valence-electron chi connectivity index (χ0n) is 19.4. The normalized spacial score (nSPS) is 16.7. The number of hydrogen-bond donors (Lipinski definition) is 1. The first kappa shape index (κ1) is 26.3. The molecule has 1 aliphatic rings. The van der Waals surface area contributed by atoms with Gasteiger partial charge in [0, 0.05) is 36.1 Å². The summed E-state index contributed by atoms with van der Waals surface area (Å²) < 4.78 is 16.6. The lowest BCUT2D eigenvalue weighted by molar-refractivity contribution is -0.000149. The van der Waals surface area contributed by atoms with Gasteiger partial charge in [0.15, 0.2) is 0 Å². The van der Waals surface area contributed by atoms with Gasteiger partial charge in [-0.1, -0.05) is 54.1 Å². The molecule has 5 nitrogen and oxygen atoms in total. The van der Waals surface area contributed by atoms with E-state index in [4.69, 9.17) is 25.8 Å². The van der Waals surface area contributed by atoms with Crippen LogP contribution in [0.3, 0.4) is 0 Å². The fraction of sp³-hybridized carbons (Fsp3) is 0.333. The van der Waals surface area contributed by atoms with E-state index in [1.807, 2.05) is 72.8 Å². The monoisotopic (exact) mass is 503 g/mol. The number of benzene rings is 3. The second-order valence-electron chi connectivity index (χ2n) is 8.21. The van der Waals surface area contributed by atoms with Gasteiger partial charge in [-0.25, -0.2) is 0 Å². The van der Waals surface area contributed by atoms with E-state index >= 15 is 0 Å². The van der Waals surface area contributed by atoms with Gasteiger partial charge in [0.05, 0.1) is 27.4 Å². The third-order valence-corrected chi connectivity index (χ3v) is 6.62. The topological polar surface area (TPSA) is 51.2 Å². The molecule has 1 fully saturated rings. The van der Waals surface area contributed by atoms with Crippen LogP contribution in [0.2, 0.25) is 5.02 Å². The Labute approximate surface area is 212 Å². The Bertz CT molecular complexity index is 1040. The van der Waals surface area contributed by atoms with Crippen molar-refractivity contribution in [2.24, 2.45) is 0 Å². The van der Waals surface area contributed by atoms with Crippen LogP contribution in [-0.2, 0) is 10.3 Å². The van der Waals surface area contributed by atoms with E-state index in [1.165, 1.54) is 0 Å². The maximum absolute atomic E-state index is 12.7. The summed E-state index contributed by atoms with van der Waals surface area (Å²) in [5.74, 6) is 1.08. The summed E-state index contributed by atoms with van der Waals surface area (Å²) in [5.41, 5.74) is 1.10. The van der Waals surface area contributed by atoms with Crippen LogP contribution >= 0.6 is 24.0 Å². The van der Waals surface area contributed by atoms with Crippen molar-refractivity contribution in [2.75, 3.05) is 47.1 Å². The molecule has 0 radical (unpaired) electrons. The van der Waals surface area contributed by atoms with Gasteiger partial charge in [0.25, 0.3) is 0 Å². The molecule has 7 heteroatoms. The Balaban J connectivity index is 0.00000324. The number of nitrogens with zero attached hydrogens (tertiary/aromatic N) is 1. The number of hydrogen-bond acceptors (Lipinski definition) is 5. The van der Waals surface area contributed by atoms with E-state index in [-0.39, 0.29) is 18.3 Å². The van der Waals surface area contributed by atoms with E-state index in [2.05, 4.69) is 4.90 Å². The quantitative estimate of drug-likeness (QED) is 0.461. The molecule has 3 aromatic rings. The van der Waals surface area contributed by atoms with Crippen molar-refractivity contribution in [3.05, 3.63) is 94.5 Å². The van der Waals surface area contributed by atoms with Gasteiger partial charge in [0.2, 0.25) is 0 Å². The minimum atomic E-state index is -1.37. The minimum Gasteiger partial charge on any atom is -0.497 e. The molecule has 3 aromatic carbocycles. The van der Waals surface area contributed by atoms with Crippen LogP contribution in [0.4, 0.5) is 0 Å². The number of morpholine rings is 1. The number of methoxy groups -OCH3 is 2. The van der Waals surface area contributed by atoms with Gasteiger partial charge >= 0.3 is 0 Å². The SMILES string of the molecule is COc1ccc(C(O)(c2ccccc2OC)C(CN2CCOCC2)c2ccc(Cl)cc2)cc1.Cl. The minimum absolute atomic E-state index is 0. The molecule has 4 rings (SSSR count). The molecule has 34 heavy (non-hydrogen) atoms. The van der Waals surface area contributed by atoms with Gasteiger partial charge in [-0.15, -0.1) is 12.4 Å². The van der Waals surface area contributed by atoms with Crippen LogP contribution in [0.5, 0.6) is 11.5 Å². The summed E-state index contributed by atoms with van der Waals surface area (Å²) in [6.45, 7) is 3.64. The lowest BCUT2D eigenvalue weighted by Crippen LogP contribution is -2.45. The van der Waals surface area contributed by atoms with Gasteiger partial charge < -0.3 is 19.3 Å². The van der Waals surface area contributed by atoms with E-state index in [1.54, 1.807) is 14.2 Å². The molecular formula is C27H31Cl2NO4. The van der Waals surface area contributed by atoms with E-state index < -0.39 is 5.60 Å². The number of para-hydroxylation sites is 1. The number of halogens is 2. The highest BCUT2D eigenvalue weighted by atomic mass is 35.5. The Morgan fingerprint density at radius 2 is 1.59 bits per heavy atom. The van der Waals surface area contributed by atoms with Gasteiger partial charge in [0.1, 0.15) is 17.1 Å². The van der Waals surface area contributed by atoms with Crippen molar-refractivity contribution < 1.29 is 19.3 Å². The Kier molecular flexibility index (Phi) is 9.23. The van der Waals surface area contributed by atoms with Crippen molar-refractivity contribution >= 4 is 24.0 Å². The van der Waals surface area contributed by atoms with E-state index in [0.717, 1.165) is 30.0 Å². The lowest BCUT2D eigenvalue weighted by atomic mass is 9.72. The summed E-state index contributed by atoms with van der Waals surface area (Å²) in [7, 11) is 3.27. The van der Waals surface area contributed by atoms with Crippen molar-refractivity contribution in [1.29, 1.82) is 0 Å². The van der Waals surface area contributed by atoms with Crippen LogP contribution in [0, 0.1) is 0 Å². The second-order valence-corrected chi connectivity index (χ2v) is 8.65. The van der Waals surface area contributed by atoms with Gasteiger partial charge in [-0.05, 0) is 41.5 Å². The molecule has 2 unspecified atom stereocenters. The van der Waals surface area contributed by atoms with E-state index in [9.17, 15) is 5.11 Å². The van der Waals surface area contributed by atoms with Gasteiger partial charge in [-0.3, -0.25) is 4.90 Å². The van der Waals surface area contributed by atoms with Crippen LogP contribution < -0.4 is 9.47 Å². The summed E-state index contributed by atoms with van der Waals surface area (Å²) >= 11 is 6.21. The van der Waals surface area contributed by atoms with Crippen molar-refractivity contribution in [3.63, 3.8) is 0 Å². The number of ether oxygens (including phenoxy) is 3. The summed E-state index contributed by atoms with van der Waals surface area (Å²) in [4.78, 5) is 2.34. The van der Waals surface area contributed by atoms with Crippen LogP contribution in [0.1, 0.15) is 22.6 Å². The Morgan fingerprint density at radius 1 is 0.941 bits per heavy atom. The highest BCUT2D eigenvalue weighted by Crippen LogP contribution is 2.46. The molecule has 0 saturated carbocycles. The predicted molar refractivity (Wildman–Crippen MR) is 138 cm³/mol. The van der Waals surface area contributed by atoms with Crippen molar-refractivity contribution in [3.8, 4) is 11.5 Å². The first-order valence-corrected chi connectivity index (χ1v) is 11.5. The summed E-state index contributed by atoms with van der Waals surface area (Å²) in [6, 6.07) is 23.0. The molecule has 0 aliphatic carbocycles. The molecule has 1 heterocycles. The van der Waals surface area contributed by atoms with Crippen molar-refractivity contribution in [2.45, 2.75) is 11.5 Å². The molecule has 0 bridgehead atoms. The molecule has 0 spiro atoms. The molecule has 1 aliphatic heterocycles. The summed E-state index contributed by atoms with van der Waals surface area (Å²) in [5, 5.41) is 13.4.